The Bertz CT molecular complexity index is 431. The number of hydrogen-bond acceptors (Lipinski definition) is 3. The molecule has 0 bridgehead atoms. The fourth-order valence-corrected chi connectivity index (χ4v) is 3.19. The first-order chi connectivity index (χ1) is 8.59. The van der Waals surface area contributed by atoms with E-state index in [0.717, 1.165) is 12.0 Å². The third-order valence-electron chi connectivity index (χ3n) is 2.71. The standard InChI is InChI=1S/C13H21NO3S/c1-2-3-11-18(16,17)14-13(9-10-15)12-7-5-4-6-8-12/h4-8,13-15H,2-3,9-11H2,1H3/t13-/m1/s1. The van der Waals surface area contributed by atoms with Gasteiger partial charge in [-0.05, 0) is 18.4 Å². The number of unbranched alkanes of at least 4 members (excludes halogenated alkanes) is 1. The quantitative estimate of drug-likeness (QED) is 0.758. The number of benzene rings is 1. The summed E-state index contributed by atoms with van der Waals surface area (Å²) in [5, 5.41) is 9.04. The molecule has 1 aromatic carbocycles. The van der Waals surface area contributed by atoms with Crippen molar-refractivity contribution < 1.29 is 13.5 Å². The Morgan fingerprint density at radius 2 is 1.94 bits per heavy atom. The van der Waals surface area contributed by atoms with Crippen molar-refractivity contribution in [3.63, 3.8) is 0 Å². The van der Waals surface area contributed by atoms with Crippen LogP contribution in [0.4, 0.5) is 0 Å². The molecule has 0 spiro atoms. The van der Waals surface area contributed by atoms with Crippen molar-refractivity contribution in [2.75, 3.05) is 12.4 Å². The van der Waals surface area contributed by atoms with Crippen molar-refractivity contribution in [1.29, 1.82) is 0 Å². The molecule has 0 unspecified atom stereocenters. The smallest absolute Gasteiger partial charge is 0.212 e. The van der Waals surface area contributed by atoms with Gasteiger partial charge in [-0.1, -0.05) is 43.7 Å². The number of rotatable bonds is 8. The van der Waals surface area contributed by atoms with E-state index < -0.39 is 10.0 Å². The summed E-state index contributed by atoms with van der Waals surface area (Å²) in [6, 6.07) is 8.98. The van der Waals surface area contributed by atoms with Crippen molar-refractivity contribution in [3.8, 4) is 0 Å². The van der Waals surface area contributed by atoms with Gasteiger partial charge in [-0.2, -0.15) is 0 Å². The fourth-order valence-electron chi connectivity index (χ4n) is 1.72. The van der Waals surface area contributed by atoms with Crippen LogP contribution in [0.5, 0.6) is 0 Å². The van der Waals surface area contributed by atoms with Crippen molar-refractivity contribution in [2.24, 2.45) is 0 Å². The Labute approximate surface area is 109 Å². The number of aliphatic hydroxyl groups excluding tert-OH is 1. The Kier molecular flexibility index (Phi) is 6.32. The molecule has 0 saturated carbocycles. The van der Waals surface area contributed by atoms with Crippen LogP contribution >= 0.6 is 0 Å². The molecule has 0 aliphatic carbocycles. The van der Waals surface area contributed by atoms with E-state index in [0.29, 0.717) is 12.8 Å². The predicted molar refractivity (Wildman–Crippen MR) is 72.7 cm³/mol. The highest BCUT2D eigenvalue weighted by Gasteiger charge is 2.18. The van der Waals surface area contributed by atoms with Crippen molar-refractivity contribution >= 4 is 10.0 Å². The van der Waals surface area contributed by atoms with E-state index in [2.05, 4.69) is 4.72 Å². The lowest BCUT2D eigenvalue weighted by atomic mass is 10.1. The van der Waals surface area contributed by atoms with Gasteiger partial charge < -0.3 is 5.11 Å². The van der Waals surface area contributed by atoms with E-state index in [9.17, 15) is 8.42 Å². The van der Waals surface area contributed by atoms with Gasteiger partial charge >= 0.3 is 0 Å². The molecule has 4 nitrogen and oxygen atoms in total. The molecule has 0 saturated heterocycles. The monoisotopic (exact) mass is 271 g/mol. The minimum atomic E-state index is -3.27. The van der Waals surface area contributed by atoms with E-state index in [-0.39, 0.29) is 18.4 Å². The molecule has 0 aliphatic rings. The van der Waals surface area contributed by atoms with Crippen LogP contribution in [0.2, 0.25) is 0 Å². The second-order valence-electron chi connectivity index (χ2n) is 4.27. The molecule has 0 heterocycles. The van der Waals surface area contributed by atoms with Gasteiger partial charge in [0.05, 0.1) is 5.75 Å². The van der Waals surface area contributed by atoms with Crippen LogP contribution in [-0.2, 0) is 10.0 Å². The van der Waals surface area contributed by atoms with Crippen LogP contribution in [0.25, 0.3) is 0 Å². The molecule has 1 aromatic rings. The molecule has 0 fully saturated rings. The van der Waals surface area contributed by atoms with Gasteiger partial charge in [-0.25, -0.2) is 13.1 Å². The topological polar surface area (TPSA) is 66.4 Å². The molecular weight excluding hydrogens is 250 g/mol. The first kappa shape index (κ1) is 15.1. The summed E-state index contributed by atoms with van der Waals surface area (Å²) in [6.07, 6.45) is 1.88. The van der Waals surface area contributed by atoms with Gasteiger partial charge in [0.15, 0.2) is 0 Å². The van der Waals surface area contributed by atoms with E-state index in [4.69, 9.17) is 5.11 Å². The van der Waals surface area contributed by atoms with Gasteiger partial charge in [0, 0.05) is 12.6 Å². The zero-order valence-corrected chi connectivity index (χ0v) is 11.5. The van der Waals surface area contributed by atoms with E-state index >= 15 is 0 Å². The minimum absolute atomic E-state index is 0.0458. The summed E-state index contributed by atoms with van der Waals surface area (Å²) < 4.78 is 26.4. The summed E-state index contributed by atoms with van der Waals surface area (Å²) in [4.78, 5) is 0. The van der Waals surface area contributed by atoms with Crippen LogP contribution in [0, 0.1) is 0 Å². The largest absolute Gasteiger partial charge is 0.396 e. The second kappa shape index (κ2) is 7.51. The van der Waals surface area contributed by atoms with Crippen LogP contribution in [0.15, 0.2) is 30.3 Å². The summed E-state index contributed by atoms with van der Waals surface area (Å²) in [6.45, 7) is 1.91. The van der Waals surface area contributed by atoms with E-state index in [1.165, 1.54) is 0 Å². The number of hydrogen-bond donors (Lipinski definition) is 2. The lowest BCUT2D eigenvalue weighted by Crippen LogP contribution is -2.31. The van der Waals surface area contributed by atoms with Gasteiger partial charge in [0.25, 0.3) is 0 Å². The maximum atomic E-state index is 11.9. The zero-order valence-electron chi connectivity index (χ0n) is 10.7. The molecular formula is C13H21NO3S. The fraction of sp³-hybridized carbons (Fsp3) is 0.538. The molecule has 2 N–H and O–H groups in total. The minimum Gasteiger partial charge on any atom is -0.396 e. The molecule has 102 valence electrons. The second-order valence-corrected chi connectivity index (χ2v) is 6.14. The average Bonchev–Trinajstić information content (AvgIpc) is 2.37. The van der Waals surface area contributed by atoms with Crippen molar-refractivity contribution in [2.45, 2.75) is 32.2 Å². The Hall–Kier alpha value is -0.910. The van der Waals surface area contributed by atoms with Gasteiger partial charge in [0.1, 0.15) is 0 Å². The number of sulfonamides is 1. The van der Waals surface area contributed by atoms with Crippen LogP contribution in [0.3, 0.4) is 0 Å². The number of nitrogens with one attached hydrogen (secondary N) is 1. The highest BCUT2D eigenvalue weighted by molar-refractivity contribution is 7.89. The van der Waals surface area contributed by atoms with Gasteiger partial charge in [-0.3, -0.25) is 0 Å². The first-order valence-electron chi connectivity index (χ1n) is 6.25. The van der Waals surface area contributed by atoms with Gasteiger partial charge in [-0.15, -0.1) is 0 Å². The molecule has 1 atom stereocenters. The maximum absolute atomic E-state index is 11.9. The first-order valence-corrected chi connectivity index (χ1v) is 7.90. The molecule has 18 heavy (non-hydrogen) atoms. The Balaban J connectivity index is 2.75. The van der Waals surface area contributed by atoms with Crippen LogP contribution < -0.4 is 4.72 Å². The molecule has 1 rings (SSSR count). The third kappa shape index (κ3) is 5.16. The normalized spacial score (nSPS) is 13.4. The summed E-state index contributed by atoms with van der Waals surface area (Å²) in [5.41, 5.74) is 0.881. The van der Waals surface area contributed by atoms with Crippen molar-refractivity contribution in [1.82, 2.24) is 4.72 Å². The Morgan fingerprint density at radius 1 is 1.28 bits per heavy atom. The van der Waals surface area contributed by atoms with E-state index in [1.807, 2.05) is 37.3 Å². The highest BCUT2D eigenvalue weighted by Crippen LogP contribution is 2.17. The van der Waals surface area contributed by atoms with Gasteiger partial charge in [0.2, 0.25) is 10.0 Å². The third-order valence-corrected chi connectivity index (χ3v) is 4.18. The molecule has 0 aromatic heterocycles. The summed E-state index contributed by atoms with van der Waals surface area (Å²) >= 11 is 0. The van der Waals surface area contributed by atoms with E-state index in [1.54, 1.807) is 0 Å². The Morgan fingerprint density at radius 3 is 2.50 bits per heavy atom. The van der Waals surface area contributed by atoms with Crippen LogP contribution in [0.1, 0.15) is 37.8 Å². The molecule has 5 heteroatoms. The average molecular weight is 271 g/mol. The maximum Gasteiger partial charge on any atom is 0.212 e. The molecule has 0 radical (unpaired) electrons. The predicted octanol–water partition coefficient (Wildman–Crippen LogP) is 1.83. The lowest BCUT2D eigenvalue weighted by molar-refractivity contribution is 0.272. The zero-order chi connectivity index (χ0) is 13.4. The van der Waals surface area contributed by atoms with Crippen LogP contribution in [-0.4, -0.2) is 25.9 Å². The molecule has 0 aliphatic heterocycles. The SMILES string of the molecule is CCCCS(=O)(=O)N[C@H](CCO)c1ccccc1. The summed E-state index contributed by atoms with van der Waals surface area (Å²) in [7, 11) is -3.27. The number of aliphatic hydroxyl groups is 1. The molecule has 0 amide bonds. The summed E-state index contributed by atoms with van der Waals surface area (Å²) in [5.74, 6) is 0.137. The van der Waals surface area contributed by atoms with Crippen molar-refractivity contribution in [3.05, 3.63) is 35.9 Å². The highest BCUT2D eigenvalue weighted by atomic mass is 32.2. The lowest BCUT2D eigenvalue weighted by Gasteiger charge is -2.18.